The molecular formula is C26H29F5N4O4. The maximum absolute atomic E-state index is 13.7. The highest BCUT2D eigenvalue weighted by atomic mass is 19.4. The second kappa shape index (κ2) is 12.4. The first-order valence-corrected chi connectivity index (χ1v) is 12.2. The number of hydrogen-bond donors (Lipinski definition) is 3. The number of halogens is 5. The van der Waals surface area contributed by atoms with Gasteiger partial charge in [0.1, 0.15) is 17.2 Å². The first kappa shape index (κ1) is 29.8. The molecule has 3 N–H and O–H groups in total. The molecule has 13 heteroatoms. The predicted octanol–water partition coefficient (Wildman–Crippen LogP) is 3.07. The topological polar surface area (TPSA) is 102 Å². The van der Waals surface area contributed by atoms with Crippen LogP contribution in [0.3, 0.4) is 0 Å². The van der Waals surface area contributed by atoms with E-state index in [1.807, 2.05) is 17.9 Å². The van der Waals surface area contributed by atoms with Gasteiger partial charge in [-0.05, 0) is 55.7 Å². The second-order valence-corrected chi connectivity index (χ2v) is 9.48. The molecule has 2 fully saturated rings. The fourth-order valence-electron chi connectivity index (χ4n) is 4.72. The number of amides is 2. The van der Waals surface area contributed by atoms with Crippen LogP contribution in [-0.4, -0.2) is 71.9 Å². The number of nitrogens with zero attached hydrogens (tertiary/aromatic N) is 2. The number of nitrogens with one attached hydrogen (secondary N) is 2. The quantitative estimate of drug-likeness (QED) is 0.473. The Balaban J connectivity index is 0.000000532. The van der Waals surface area contributed by atoms with E-state index in [9.17, 15) is 31.5 Å². The molecule has 0 aromatic heterocycles. The summed E-state index contributed by atoms with van der Waals surface area (Å²) in [6, 6.07) is 12.2. The Morgan fingerprint density at radius 2 is 1.69 bits per heavy atom. The Morgan fingerprint density at radius 3 is 2.26 bits per heavy atom. The van der Waals surface area contributed by atoms with Gasteiger partial charge >= 0.3 is 12.1 Å². The fourth-order valence-corrected chi connectivity index (χ4v) is 4.72. The van der Waals surface area contributed by atoms with Gasteiger partial charge < -0.3 is 25.5 Å². The number of benzene rings is 2. The van der Waals surface area contributed by atoms with Crippen molar-refractivity contribution in [1.82, 2.24) is 15.5 Å². The number of likely N-dealkylation sites (tertiary alicyclic amines) is 1. The van der Waals surface area contributed by atoms with Crippen LogP contribution in [0.5, 0.6) is 0 Å². The van der Waals surface area contributed by atoms with Crippen molar-refractivity contribution < 1.29 is 41.4 Å². The summed E-state index contributed by atoms with van der Waals surface area (Å²) in [5.41, 5.74) is 0.804. The third-order valence-corrected chi connectivity index (χ3v) is 6.60. The summed E-state index contributed by atoms with van der Waals surface area (Å²) >= 11 is 0. The lowest BCUT2D eigenvalue weighted by Gasteiger charge is -2.43. The van der Waals surface area contributed by atoms with Crippen LogP contribution < -0.4 is 15.5 Å². The highest BCUT2D eigenvalue weighted by Gasteiger charge is 2.50. The summed E-state index contributed by atoms with van der Waals surface area (Å²) in [5, 5.41) is 13.0. The summed E-state index contributed by atoms with van der Waals surface area (Å²) in [4.78, 5) is 38.2. The third kappa shape index (κ3) is 7.88. The van der Waals surface area contributed by atoms with Gasteiger partial charge in [-0.1, -0.05) is 18.2 Å². The van der Waals surface area contributed by atoms with Gasteiger partial charge in [-0.15, -0.1) is 0 Å². The number of carboxylic acids is 1. The molecule has 2 aromatic rings. The molecule has 1 atom stereocenters. The molecule has 2 saturated heterocycles. The molecule has 0 aliphatic carbocycles. The lowest BCUT2D eigenvalue weighted by molar-refractivity contribution is -0.192. The number of rotatable bonds is 6. The van der Waals surface area contributed by atoms with Crippen LogP contribution in [-0.2, 0) is 20.8 Å². The van der Waals surface area contributed by atoms with E-state index in [0.717, 1.165) is 5.56 Å². The first-order chi connectivity index (χ1) is 18.3. The van der Waals surface area contributed by atoms with Crippen molar-refractivity contribution in [2.45, 2.75) is 43.9 Å². The molecule has 0 bridgehead atoms. The van der Waals surface area contributed by atoms with Crippen LogP contribution in [0.15, 0.2) is 48.5 Å². The molecule has 212 valence electrons. The molecule has 39 heavy (non-hydrogen) atoms. The number of piperidine rings is 1. The Morgan fingerprint density at radius 1 is 1.08 bits per heavy atom. The van der Waals surface area contributed by atoms with E-state index < -0.39 is 17.7 Å². The van der Waals surface area contributed by atoms with Gasteiger partial charge in [0.25, 0.3) is 0 Å². The zero-order valence-corrected chi connectivity index (χ0v) is 21.1. The highest BCUT2D eigenvalue weighted by Crippen LogP contribution is 2.36. The van der Waals surface area contributed by atoms with Gasteiger partial charge in [0.2, 0.25) is 11.8 Å². The average molecular weight is 557 g/mol. The van der Waals surface area contributed by atoms with Crippen molar-refractivity contribution in [2.75, 3.05) is 31.2 Å². The molecule has 2 aliphatic heterocycles. The van der Waals surface area contributed by atoms with E-state index in [4.69, 9.17) is 9.90 Å². The van der Waals surface area contributed by atoms with Crippen molar-refractivity contribution in [3.8, 4) is 0 Å². The van der Waals surface area contributed by atoms with E-state index in [2.05, 4.69) is 15.5 Å². The highest BCUT2D eigenvalue weighted by molar-refractivity contribution is 5.93. The standard InChI is InChI=1S/C24H28F2N4O2.C2HF3O2/c1-17(28-22(31)13-18-5-7-19(25)8-6-18)15-29-11-9-24(10-12-29)23(32)27-16-30(24)21-4-2-3-20(26)14-21;3-2(4,5)1(6)7/h2-8,14,17H,9-13,15-16H2,1H3,(H,27,32)(H,28,31);(H,6,7)/t17-;/m0./s1. The number of aliphatic carboxylic acids is 1. The smallest absolute Gasteiger partial charge is 0.475 e. The molecule has 4 rings (SSSR count). The first-order valence-electron chi connectivity index (χ1n) is 12.2. The fraction of sp³-hybridized carbons (Fsp3) is 0.423. The van der Waals surface area contributed by atoms with Gasteiger partial charge in [-0.3, -0.25) is 9.59 Å². The van der Waals surface area contributed by atoms with Crippen molar-refractivity contribution >= 4 is 23.5 Å². The van der Waals surface area contributed by atoms with Gasteiger partial charge in [0.05, 0.1) is 13.1 Å². The monoisotopic (exact) mass is 556 g/mol. The maximum Gasteiger partial charge on any atom is 0.490 e. The van der Waals surface area contributed by atoms with Gasteiger partial charge in [0.15, 0.2) is 0 Å². The van der Waals surface area contributed by atoms with E-state index >= 15 is 0 Å². The van der Waals surface area contributed by atoms with Crippen molar-refractivity contribution in [1.29, 1.82) is 0 Å². The number of anilines is 1. The molecular weight excluding hydrogens is 527 g/mol. The molecule has 2 aromatic carbocycles. The number of carbonyl (C=O) groups excluding carboxylic acids is 2. The van der Waals surface area contributed by atoms with Gasteiger partial charge in [0, 0.05) is 31.4 Å². The molecule has 2 aliphatic rings. The number of carbonyl (C=O) groups is 3. The minimum Gasteiger partial charge on any atom is -0.475 e. The normalized spacial score (nSPS) is 17.7. The molecule has 8 nitrogen and oxygen atoms in total. The Labute approximate surface area is 221 Å². The SMILES string of the molecule is C[C@@H](CN1CCC2(CC1)C(=O)NCN2c1cccc(F)c1)NC(=O)Cc1ccc(F)cc1.O=C(O)C(F)(F)F. The summed E-state index contributed by atoms with van der Waals surface area (Å²) in [6.07, 6.45) is -3.62. The number of hydrogen-bond acceptors (Lipinski definition) is 5. The zero-order valence-electron chi connectivity index (χ0n) is 21.1. The number of alkyl halides is 3. The third-order valence-electron chi connectivity index (χ3n) is 6.60. The summed E-state index contributed by atoms with van der Waals surface area (Å²) in [7, 11) is 0. The lowest BCUT2D eigenvalue weighted by atomic mass is 9.85. The van der Waals surface area contributed by atoms with E-state index in [1.54, 1.807) is 18.2 Å². The molecule has 0 saturated carbocycles. The van der Waals surface area contributed by atoms with Gasteiger partial charge in [-0.2, -0.15) is 13.2 Å². The summed E-state index contributed by atoms with van der Waals surface area (Å²) in [6.45, 7) is 4.41. The van der Waals surface area contributed by atoms with Crippen molar-refractivity contribution in [3.05, 3.63) is 65.7 Å². The summed E-state index contributed by atoms with van der Waals surface area (Å²) < 4.78 is 58.5. The Bertz CT molecular complexity index is 1170. The van der Waals surface area contributed by atoms with Gasteiger partial charge in [-0.25, -0.2) is 13.6 Å². The Kier molecular flexibility index (Phi) is 9.49. The predicted molar refractivity (Wildman–Crippen MR) is 132 cm³/mol. The Hall–Kier alpha value is -3.74. The van der Waals surface area contributed by atoms with E-state index in [1.165, 1.54) is 24.3 Å². The second-order valence-electron chi connectivity index (χ2n) is 9.48. The minimum absolute atomic E-state index is 0.0120. The summed E-state index contributed by atoms with van der Waals surface area (Å²) in [5.74, 6) is -3.52. The van der Waals surface area contributed by atoms with Crippen LogP contribution in [0, 0.1) is 11.6 Å². The largest absolute Gasteiger partial charge is 0.490 e. The van der Waals surface area contributed by atoms with Crippen LogP contribution in [0.2, 0.25) is 0 Å². The molecule has 2 heterocycles. The average Bonchev–Trinajstić information content (AvgIpc) is 3.17. The number of carboxylic acid groups (broad SMARTS) is 1. The van der Waals surface area contributed by atoms with Crippen molar-refractivity contribution in [3.63, 3.8) is 0 Å². The van der Waals surface area contributed by atoms with E-state index in [-0.39, 0.29) is 35.9 Å². The lowest BCUT2D eigenvalue weighted by Crippen LogP contribution is -2.57. The zero-order chi connectivity index (χ0) is 28.8. The van der Waals surface area contributed by atoms with Crippen LogP contribution in [0.25, 0.3) is 0 Å². The molecule has 0 radical (unpaired) electrons. The minimum atomic E-state index is -5.08. The molecule has 0 unspecified atom stereocenters. The van der Waals surface area contributed by atoms with Crippen LogP contribution in [0.4, 0.5) is 27.6 Å². The van der Waals surface area contributed by atoms with Crippen LogP contribution in [0.1, 0.15) is 25.3 Å². The van der Waals surface area contributed by atoms with Crippen LogP contribution >= 0.6 is 0 Å². The molecule has 2 amide bonds. The van der Waals surface area contributed by atoms with Crippen molar-refractivity contribution in [2.24, 2.45) is 0 Å². The van der Waals surface area contributed by atoms with E-state index in [0.29, 0.717) is 44.8 Å². The molecule has 1 spiro atoms. The maximum atomic E-state index is 13.7.